The quantitative estimate of drug-likeness (QED) is 0.0892. The van der Waals surface area contributed by atoms with Crippen LogP contribution in [0, 0.1) is 0 Å². The van der Waals surface area contributed by atoms with E-state index in [1.807, 2.05) is 32.0 Å². The third-order valence-corrected chi connectivity index (χ3v) is 8.10. The van der Waals surface area contributed by atoms with E-state index in [4.69, 9.17) is 14.2 Å². The number of halogens is 3. The van der Waals surface area contributed by atoms with E-state index in [1.165, 1.54) is 17.0 Å². The molecule has 2 unspecified atom stereocenters. The number of carbonyl (C=O) groups excluding carboxylic acids is 7. The van der Waals surface area contributed by atoms with Crippen molar-refractivity contribution in [1.82, 2.24) is 36.8 Å². The molecule has 21 heteroatoms. The number of rotatable bonds is 20. The number of nitrogens with one attached hydrogen (secondary N) is 6. The zero-order chi connectivity index (χ0) is 50.3. The first kappa shape index (κ1) is 57.7. The summed E-state index contributed by atoms with van der Waals surface area (Å²) < 4.78 is 57.5. The van der Waals surface area contributed by atoms with Crippen LogP contribution in [-0.2, 0) is 46.4 Å². The van der Waals surface area contributed by atoms with Gasteiger partial charge in [-0.2, -0.15) is 0 Å². The largest absolute Gasteiger partial charge is 0.573 e. The van der Waals surface area contributed by atoms with E-state index >= 15 is 0 Å². The number of amides is 7. The number of alkyl carbamates (subject to hydrolysis) is 3. The average Bonchev–Trinajstić information content (AvgIpc) is 3.18. The van der Waals surface area contributed by atoms with E-state index in [9.17, 15) is 46.7 Å². The zero-order valence-electron chi connectivity index (χ0n) is 39.8. The molecule has 2 aromatic carbocycles. The van der Waals surface area contributed by atoms with Crippen molar-refractivity contribution >= 4 is 41.9 Å². The molecule has 0 spiro atoms. The van der Waals surface area contributed by atoms with Crippen LogP contribution in [0.3, 0.4) is 0 Å². The monoisotopic (exact) mass is 939 g/mol. The Morgan fingerprint density at radius 2 is 1.08 bits per heavy atom. The van der Waals surface area contributed by atoms with E-state index in [1.54, 1.807) is 74.4 Å². The van der Waals surface area contributed by atoms with Crippen LogP contribution in [0.2, 0.25) is 0 Å². The van der Waals surface area contributed by atoms with Gasteiger partial charge >= 0.3 is 24.6 Å². The maximum atomic E-state index is 13.8. The van der Waals surface area contributed by atoms with Crippen molar-refractivity contribution in [3.8, 4) is 5.75 Å². The molecule has 2 atom stereocenters. The van der Waals surface area contributed by atoms with Gasteiger partial charge in [0, 0.05) is 32.7 Å². The first-order chi connectivity index (χ1) is 30.6. The minimum atomic E-state index is -4.87. The van der Waals surface area contributed by atoms with Crippen LogP contribution in [-0.4, -0.2) is 115 Å². The Kier molecular flexibility index (Phi) is 23.8. The van der Waals surface area contributed by atoms with Crippen molar-refractivity contribution in [3.63, 3.8) is 0 Å². The summed E-state index contributed by atoms with van der Waals surface area (Å²) in [4.78, 5) is 92.9. The normalized spacial score (nSPS) is 12.3. The van der Waals surface area contributed by atoms with E-state index in [0.717, 1.165) is 17.7 Å². The van der Waals surface area contributed by atoms with Gasteiger partial charge in [-0.1, -0.05) is 56.3 Å². The average molecular weight is 940 g/mol. The summed E-state index contributed by atoms with van der Waals surface area (Å²) in [6.45, 7) is 17.6. The molecule has 0 aromatic heterocycles. The number of nitrogens with zero attached hydrogens (tertiary/aromatic N) is 1. The molecule has 6 N–H and O–H groups in total. The molecular formula is C45H68F3N7O11. The molecule has 0 saturated carbocycles. The highest BCUT2D eigenvalue weighted by molar-refractivity contribution is 5.94. The number of alkyl halides is 3. The second-order valence-electron chi connectivity index (χ2n) is 17.4. The molecule has 7 amide bonds. The molecule has 370 valence electrons. The summed E-state index contributed by atoms with van der Waals surface area (Å²) in [7, 11) is 0. The summed E-state index contributed by atoms with van der Waals surface area (Å²) in [6, 6.07) is 11.2. The smallest absolute Gasteiger partial charge is 0.444 e. The van der Waals surface area contributed by atoms with E-state index < -0.39 is 95.9 Å². The van der Waals surface area contributed by atoms with Crippen LogP contribution in [0.5, 0.6) is 5.75 Å². The minimum absolute atomic E-state index is 0.0914. The summed E-state index contributed by atoms with van der Waals surface area (Å²) in [6.07, 6.45) is -7.60. The molecule has 0 fully saturated rings. The van der Waals surface area contributed by atoms with Gasteiger partial charge in [0.2, 0.25) is 23.6 Å². The highest BCUT2D eigenvalue weighted by Crippen LogP contribution is 2.23. The van der Waals surface area contributed by atoms with E-state index in [-0.39, 0.29) is 39.1 Å². The third-order valence-electron chi connectivity index (χ3n) is 8.10. The van der Waals surface area contributed by atoms with Gasteiger partial charge in [-0.15, -0.1) is 13.2 Å². The van der Waals surface area contributed by atoms with Crippen molar-refractivity contribution in [1.29, 1.82) is 0 Å². The van der Waals surface area contributed by atoms with Gasteiger partial charge in [0.15, 0.2) is 0 Å². The Bertz CT molecular complexity index is 1830. The fourth-order valence-electron chi connectivity index (χ4n) is 5.42. The number of carbonyl (C=O) groups is 7. The first-order valence-electron chi connectivity index (χ1n) is 21.5. The molecule has 0 aliphatic rings. The van der Waals surface area contributed by atoms with Gasteiger partial charge in [-0.25, -0.2) is 14.4 Å². The lowest BCUT2D eigenvalue weighted by molar-refractivity contribution is -0.274. The number of benzene rings is 2. The summed E-state index contributed by atoms with van der Waals surface area (Å²) in [5.41, 5.74) is -1.29. The predicted molar refractivity (Wildman–Crippen MR) is 239 cm³/mol. The van der Waals surface area contributed by atoms with Crippen molar-refractivity contribution < 1.29 is 65.7 Å². The maximum Gasteiger partial charge on any atom is 0.573 e. The van der Waals surface area contributed by atoms with Gasteiger partial charge < -0.3 is 55.7 Å². The molecule has 0 bridgehead atoms. The zero-order valence-corrected chi connectivity index (χ0v) is 39.8. The fraction of sp³-hybridized carbons (Fsp3) is 0.578. The van der Waals surface area contributed by atoms with Crippen molar-refractivity contribution in [2.24, 2.45) is 0 Å². The second-order valence-corrected chi connectivity index (χ2v) is 17.4. The number of hydrogen-bond donors (Lipinski definition) is 6. The minimum Gasteiger partial charge on any atom is -0.444 e. The number of aryl methyl sites for hydroxylation is 1. The summed E-state index contributed by atoms with van der Waals surface area (Å²) in [5, 5.41) is 15.1. The topological polar surface area (TPSA) is 232 Å². The Morgan fingerprint density at radius 3 is 1.56 bits per heavy atom. The van der Waals surface area contributed by atoms with Gasteiger partial charge in [0.1, 0.15) is 34.6 Å². The molecule has 66 heavy (non-hydrogen) atoms. The lowest BCUT2D eigenvalue weighted by atomic mass is 10.0. The SMILES string of the molecule is CC.CC(C)(C)OC(=O)NCCN(CCNC(=O)OC(C)(C)C)C(=O)CC(NC(=O)OC(C)(C)C)C(=O)NCC(=O)NC(CCc1ccccc1)C(=O)NCc1ccc(OC(F)(F)F)cc1. The van der Waals surface area contributed by atoms with Crippen LogP contribution in [0.15, 0.2) is 54.6 Å². The Balaban J connectivity index is 0.0000107. The third kappa shape index (κ3) is 27.1. The Morgan fingerprint density at radius 1 is 0.591 bits per heavy atom. The molecule has 0 heterocycles. The maximum absolute atomic E-state index is 13.8. The summed E-state index contributed by atoms with van der Waals surface area (Å²) >= 11 is 0. The molecule has 2 rings (SSSR count). The standard InChI is InChI=1S/C43H62F3N7O11.C2H6/c1-40(2,3)62-37(58)47-21-23-53(24-22-48-38(59)63-41(4,5)6)34(55)25-32(52-39(60)64-42(7,8)9)36(57)50-27-33(54)51-31(20-17-28-13-11-10-12-14-28)35(56)49-26-29-15-18-30(19-16-29)61-43(44,45)46;1-2/h10-16,18-19,31-32H,17,20-27H2,1-9H3,(H,47,58)(H,48,59)(H,49,56)(H,50,57)(H,51,54)(H,52,60);1-2H3. The molecule has 0 radical (unpaired) electrons. The molecule has 0 aliphatic carbocycles. The van der Waals surface area contributed by atoms with Crippen LogP contribution in [0.1, 0.15) is 100 Å². The second kappa shape index (κ2) is 27.3. The number of hydrogen-bond acceptors (Lipinski definition) is 11. The predicted octanol–water partition coefficient (Wildman–Crippen LogP) is 5.62. The van der Waals surface area contributed by atoms with Crippen LogP contribution >= 0.6 is 0 Å². The molecule has 0 saturated heterocycles. The highest BCUT2D eigenvalue weighted by atomic mass is 19.4. The van der Waals surface area contributed by atoms with Gasteiger partial charge in [-0.3, -0.25) is 19.2 Å². The van der Waals surface area contributed by atoms with Crippen LogP contribution in [0.4, 0.5) is 27.6 Å². The molecule has 18 nitrogen and oxygen atoms in total. The first-order valence-corrected chi connectivity index (χ1v) is 21.5. The van der Waals surface area contributed by atoms with Crippen LogP contribution < -0.4 is 36.6 Å². The van der Waals surface area contributed by atoms with E-state index in [0.29, 0.717) is 12.0 Å². The fourth-order valence-corrected chi connectivity index (χ4v) is 5.42. The Labute approximate surface area is 385 Å². The van der Waals surface area contributed by atoms with Gasteiger partial charge in [-0.05, 0) is 98.4 Å². The van der Waals surface area contributed by atoms with Crippen molar-refractivity contribution in [2.75, 3.05) is 32.7 Å². The molecule has 0 aliphatic heterocycles. The van der Waals surface area contributed by atoms with Crippen LogP contribution in [0.25, 0.3) is 0 Å². The highest BCUT2D eigenvalue weighted by Gasteiger charge is 2.32. The number of ether oxygens (including phenoxy) is 4. The summed E-state index contributed by atoms with van der Waals surface area (Å²) in [5.74, 6) is -3.53. The van der Waals surface area contributed by atoms with Crippen molar-refractivity contribution in [2.45, 2.75) is 137 Å². The van der Waals surface area contributed by atoms with Gasteiger partial charge in [0.05, 0.1) is 13.0 Å². The van der Waals surface area contributed by atoms with Crippen molar-refractivity contribution in [3.05, 3.63) is 65.7 Å². The van der Waals surface area contributed by atoms with E-state index in [2.05, 4.69) is 36.6 Å². The Hall–Kier alpha value is -6.28. The molecular weight excluding hydrogens is 872 g/mol. The van der Waals surface area contributed by atoms with Gasteiger partial charge in [0.25, 0.3) is 0 Å². The lowest BCUT2D eigenvalue weighted by Gasteiger charge is -2.27. The lowest BCUT2D eigenvalue weighted by Crippen LogP contribution is -2.54. The molecule has 2 aromatic rings.